The van der Waals surface area contributed by atoms with E-state index < -0.39 is 33.7 Å². The van der Waals surface area contributed by atoms with Crippen LogP contribution in [0.2, 0.25) is 0 Å². The van der Waals surface area contributed by atoms with E-state index in [1.54, 1.807) is 0 Å². The Morgan fingerprint density at radius 3 is 1.81 bits per heavy atom. The van der Waals surface area contributed by atoms with Crippen molar-refractivity contribution in [2.45, 2.75) is 89.7 Å². The van der Waals surface area contributed by atoms with Gasteiger partial charge in [0.05, 0.1) is 19.6 Å². The van der Waals surface area contributed by atoms with Crippen molar-refractivity contribution in [1.82, 2.24) is 0 Å². The molecule has 0 aliphatic carbocycles. The maximum absolute atomic E-state index is 11.9. The van der Waals surface area contributed by atoms with E-state index >= 15 is 0 Å². The molecule has 0 heterocycles. The highest BCUT2D eigenvalue weighted by molar-refractivity contribution is 7.87. The highest BCUT2D eigenvalue weighted by Crippen LogP contribution is 2.11. The fourth-order valence-electron chi connectivity index (χ4n) is 2.38. The molecule has 8 heteroatoms. The van der Waals surface area contributed by atoms with Crippen molar-refractivity contribution in [3.8, 4) is 0 Å². The molecule has 0 aromatic rings. The summed E-state index contributed by atoms with van der Waals surface area (Å²) in [5, 5.41) is -1.93. The lowest BCUT2D eigenvalue weighted by Crippen LogP contribution is -2.34. The predicted octanol–water partition coefficient (Wildman–Crippen LogP) is 3.66. The Kier molecular flexibility index (Phi) is 14.3. The number of carbonyl (C=O) groups excluding carboxylic acids is 2. The second-order valence-corrected chi connectivity index (χ2v) is 8.02. The molecule has 0 rings (SSSR count). The largest absolute Gasteiger partial charge is 0.466 e. The zero-order valence-electron chi connectivity index (χ0n) is 16.1. The summed E-state index contributed by atoms with van der Waals surface area (Å²) in [5.74, 6) is -1.94. The molecule has 7 nitrogen and oxygen atoms in total. The smallest absolute Gasteiger partial charge is 0.327 e. The summed E-state index contributed by atoms with van der Waals surface area (Å²) < 4.78 is 41.8. The van der Waals surface area contributed by atoms with E-state index in [9.17, 15) is 22.6 Å². The van der Waals surface area contributed by atoms with Crippen LogP contribution in [0, 0.1) is 0 Å². The van der Waals surface area contributed by atoms with Crippen molar-refractivity contribution in [2.24, 2.45) is 0 Å². The van der Waals surface area contributed by atoms with Gasteiger partial charge in [0, 0.05) is 0 Å². The first-order valence-electron chi connectivity index (χ1n) is 9.61. The van der Waals surface area contributed by atoms with Crippen LogP contribution in [0.15, 0.2) is 0 Å². The molecule has 1 unspecified atom stereocenters. The summed E-state index contributed by atoms with van der Waals surface area (Å²) >= 11 is 0. The molecule has 0 spiro atoms. The quantitative estimate of drug-likeness (QED) is 0.242. The minimum absolute atomic E-state index is 0.0671. The Balaban J connectivity index is 4.20. The molecule has 0 aliphatic rings. The molecule has 1 atom stereocenters. The zero-order valence-corrected chi connectivity index (χ0v) is 16.9. The van der Waals surface area contributed by atoms with Gasteiger partial charge in [0.25, 0.3) is 10.1 Å². The van der Waals surface area contributed by atoms with E-state index in [1.165, 1.54) is 6.42 Å². The molecular weight excluding hydrogens is 360 g/mol. The second kappa shape index (κ2) is 15.0. The third-order valence-corrected chi connectivity index (χ3v) is 5.06. The van der Waals surface area contributed by atoms with E-state index in [0.29, 0.717) is 12.8 Å². The standard InChI is InChI=1S/C18H34O7S/c1-3-5-7-9-10-12-13-24-17(19)15-16(26(21,22)23)18(20)25-14-11-8-6-4-2/h16H,3-15H2,1-2H3,(H,21,22,23). The Labute approximate surface area is 157 Å². The Bertz CT molecular complexity index is 488. The van der Waals surface area contributed by atoms with E-state index in [1.807, 2.05) is 6.92 Å². The number of esters is 2. The Morgan fingerprint density at radius 1 is 0.808 bits per heavy atom. The SMILES string of the molecule is CCCCCCCCOC(=O)CC(C(=O)OCCCCCC)S(=O)(=O)O. The van der Waals surface area contributed by atoms with Crippen molar-refractivity contribution < 1.29 is 32.0 Å². The molecule has 0 aromatic carbocycles. The maximum atomic E-state index is 11.9. The van der Waals surface area contributed by atoms with Crippen molar-refractivity contribution >= 4 is 22.1 Å². The van der Waals surface area contributed by atoms with Gasteiger partial charge in [0.15, 0.2) is 5.25 Å². The number of ether oxygens (including phenoxy) is 2. The molecular formula is C18H34O7S. The molecule has 0 saturated heterocycles. The van der Waals surface area contributed by atoms with Gasteiger partial charge in [0.1, 0.15) is 0 Å². The molecule has 154 valence electrons. The van der Waals surface area contributed by atoms with Gasteiger partial charge >= 0.3 is 11.9 Å². The second-order valence-electron chi connectivity index (χ2n) is 6.42. The summed E-state index contributed by atoms with van der Waals surface area (Å²) in [6, 6.07) is 0. The van der Waals surface area contributed by atoms with Gasteiger partial charge < -0.3 is 9.47 Å². The number of rotatable bonds is 16. The summed E-state index contributed by atoms with van der Waals surface area (Å²) in [7, 11) is -4.73. The van der Waals surface area contributed by atoms with Crippen LogP contribution >= 0.6 is 0 Å². The lowest BCUT2D eigenvalue weighted by molar-refractivity contribution is -0.150. The van der Waals surface area contributed by atoms with Gasteiger partial charge in [-0.05, 0) is 12.8 Å². The Hall–Kier alpha value is -1.15. The molecule has 0 aliphatic heterocycles. The predicted molar refractivity (Wildman–Crippen MR) is 99.4 cm³/mol. The summed E-state index contributed by atoms with van der Waals surface area (Å²) in [6.07, 6.45) is 8.89. The van der Waals surface area contributed by atoms with Crippen LogP contribution < -0.4 is 0 Å². The molecule has 0 amide bonds. The van der Waals surface area contributed by atoms with Gasteiger partial charge in [-0.25, -0.2) is 0 Å². The number of unbranched alkanes of at least 4 members (excludes halogenated alkanes) is 8. The minimum atomic E-state index is -4.73. The molecule has 26 heavy (non-hydrogen) atoms. The van der Waals surface area contributed by atoms with Crippen LogP contribution in [-0.2, 0) is 29.2 Å². The van der Waals surface area contributed by atoms with E-state index in [-0.39, 0.29) is 13.2 Å². The summed E-state index contributed by atoms with van der Waals surface area (Å²) in [5.41, 5.74) is 0. The fourth-order valence-corrected chi connectivity index (χ4v) is 3.04. The third-order valence-electron chi connectivity index (χ3n) is 3.98. The van der Waals surface area contributed by atoms with Crippen molar-refractivity contribution in [1.29, 1.82) is 0 Å². The van der Waals surface area contributed by atoms with Crippen molar-refractivity contribution in [2.75, 3.05) is 13.2 Å². The van der Waals surface area contributed by atoms with Gasteiger partial charge in [-0.3, -0.25) is 14.1 Å². The van der Waals surface area contributed by atoms with Gasteiger partial charge in [-0.2, -0.15) is 8.42 Å². The van der Waals surface area contributed by atoms with Gasteiger partial charge in [-0.15, -0.1) is 0 Å². The average molecular weight is 395 g/mol. The van der Waals surface area contributed by atoms with Gasteiger partial charge in [0.2, 0.25) is 0 Å². The monoisotopic (exact) mass is 394 g/mol. The molecule has 0 aromatic heterocycles. The van der Waals surface area contributed by atoms with Crippen LogP contribution in [0.5, 0.6) is 0 Å². The van der Waals surface area contributed by atoms with Crippen LogP contribution in [0.25, 0.3) is 0 Å². The molecule has 0 bridgehead atoms. The Morgan fingerprint density at radius 2 is 1.27 bits per heavy atom. The van der Waals surface area contributed by atoms with E-state index in [0.717, 1.165) is 44.9 Å². The maximum Gasteiger partial charge on any atom is 0.327 e. The summed E-state index contributed by atoms with van der Waals surface area (Å²) in [4.78, 5) is 23.6. The molecule has 1 N–H and O–H groups in total. The van der Waals surface area contributed by atoms with Crippen LogP contribution in [0.3, 0.4) is 0 Å². The lowest BCUT2D eigenvalue weighted by Gasteiger charge is -2.13. The van der Waals surface area contributed by atoms with Crippen molar-refractivity contribution in [3.05, 3.63) is 0 Å². The minimum Gasteiger partial charge on any atom is -0.466 e. The van der Waals surface area contributed by atoms with E-state index in [4.69, 9.17) is 9.47 Å². The van der Waals surface area contributed by atoms with Gasteiger partial charge in [-0.1, -0.05) is 65.2 Å². The number of hydrogen-bond donors (Lipinski definition) is 1. The molecule has 0 saturated carbocycles. The van der Waals surface area contributed by atoms with Crippen LogP contribution in [-0.4, -0.2) is 43.4 Å². The van der Waals surface area contributed by atoms with Crippen LogP contribution in [0.1, 0.15) is 84.5 Å². The highest BCUT2D eigenvalue weighted by Gasteiger charge is 2.35. The molecule has 0 radical (unpaired) electrons. The number of hydrogen-bond acceptors (Lipinski definition) is 6. The number of carbonyl (C=O) groups is 2. The highest BCUT2D eigenvalue weighted by atomic mass is 32.2. The fraction of sp³-hybridized carbons (Fsp3) is 0.889. The van der Waals surface area contributed by atoms with Crippen LogP contribution in [0.4, 0.5) is 0 Å². The summed E-state index contributed by atoms with van der Waals surface area (Å²) in [6.45, 7) is 4.41. The first-order chi connectivity index (χ1) is 12.3. The third kappa shape index (κ3) is 13.1. The zero-order chi connectivity index (χ0) is 19.8. The topological polar surface area (TPSA) is 107 Å². The average Bonchev–Trinajstić information content (AvgIpc) is 2.57. The molecule has 0 fully saturated rings. The first kappa shape index (κ1) is 24.8. The van der Waals surface area contributed by atoms with Crippen molar-refractivity contribution in [3.63, 3.8) is 0 Å². The normalized spacial score (nSPS) is 12.6. The lowest BCUT2D eigenvalue weighted by atomic mass is 10.1. The first-order valence-corrected chi connectivity index (χ1v) is 11.1. The van der Waals surface area contributed by atoms with E-state index in [2.05, 4.69) is 6.92 Å².